The van der Waals surface area contributed by atoms with Crippen molar-refractivity contribution in [1.82, 2.24) is 4.98 Å². The van der Waals surface area contributed by atoms with Crippen molar-refractivity contribution in [3.8, 4) is 0 Å². The van der Waals surface area contributed by atoms with Crippen LogP contribution in [-0.4, -0.2) is 38.3 Å². The highest BCUT2D eigenvalue weighted by atomic mass is 79.9. The lowest BCUT2D eigenvalue weighted by molar-refractivity contribution is 0.181. The minimum absolute atomic E-state index is 0.0285. The fourth-order valence-corrected chi connectivity index (χ4v) is 2.66. The van der Waals surface area contributed by atoms with E-state index in [0.717, 1.165) is 21.1 Å². The molecule has 1 heterocycles. The van der Waals surface area contributed by atoms with Gasteiger partial charge in [-0.1, -0.05) is 28.1 Å². The molecule has 0 spiro atoms. The zero-order valence-electron chi connectivity index (χ0n) is 11.1. The smallest absolute Gasteiger partial charge is 0.136 e. The van der Waals surface area contributed by atoms with E-state index in [1.807, 2.05) is 31.4 Å². The number of anilines is 1. The standard InChI is InChI=1S/C14H18BrN3O/c1-18(8-10(16)9-19-2)14-12-4-3-5-13(15)11(12)6-7-17-14/h3-7,10H,8-9,16H2,1-2H3. The number of nitrogens with zero attached hydrogens (tertiary/aromatic N) is 2. The molecule has 0 saturated heterocycles. The van der Waals surface area contributed by atoms with Crippen LogP contribution in [0.2, 0.25) is 0 Å². The minimum Gasteiger partial charge on any atom is -0.383 e. The Bertz CT molecular complexity index is 561. The van der Waals surface area contributed by atoms with Gasteiger partial charge in [-0.05, 0) is 12.1 Å². The molecule has 1 atom stereocenters. The lowest BCUT2D eigenvalue weighted by Crippen LogP contribution is -2.38. The van der Waals surface area contributed by atoms with E-state index < -0.39 is 0 Å². The molecule has 5 heteroatoms. The maximum Gasteiger partial charge on any atom is 0.136 e. The molecule has 2 N–H and O–H groups in total. The first kappa shape index (κ1) is 14.2. The van der Waals surface area contributed by atoms with Crippen molar-refractivity contribution in [1.29, 1.82) is 0 Å². The van der Waals surface area contributed by atoms with Gasteiger partial charge in [-0.3, -0.25) is 0 Å². The van der Waals surface area contributed by atoms with Gasteiger partial charge in [0.05, 0.1) is 6.61 Å². The number of ether oxygens (including phenoxy) is 1. The van der Waals surface area contributed by atoms with Crippen LogP contribution in [0.15, 0.2) is 34.9 Å². The summed E-state index contributed by atoms with van der Waals surface area (Å²) in [5, 5.41) is 2.27. The van der Waals surface area contributed by atoms with Crippen LogP contribution in [0.25, 0.3) is 10.8 Å². The fourth-order valence-electron chi connectivity index (χ4n) is 2.16. The van der Waals surface area contributed by atoms with Crippen molar-refractivity contribution in [3.63, 3.8) is 0 Å². The summed E-state index contributed by atoms with van der Waals surface area (Å²) in [5.41, 5.74) is 5.99. The molecule has 0 saturated carbocycles. The Hall–Kier alpha value is -1.17. The van der Waals surface area contributed by atoms with Gasteiger partial charge in [0.1, 0.15) is 5.82 Å². The number of halogens is 1. The van der Waals surface area contributed by atoms with Crippen molar-refractivity contribution in [3.05, 3.63) is 34.9 Å². The highest BCUT2D eigenvalue weighted by Gasteiger charge is 2.12. The molecule has 2 aromatic rings. The molecule has 0 aliphatic heterocycles. The van der Waals surface area contributed by atoms with Crippen molar-refractivity contribution in [2.45, 2.75) is 6.04 Å². The molecular formula is C14H18BrN3O. The first-order valence-corrected chi connectivity index (χ1v) is 6.91. The van der Waals surface area contributed by atoms with Crippen molar-refractivity contribution in [2.24, 2.45) is 5.73 Å². The molecule has 102 valence electrons. The van der Waals surface area contributed by atoms with Crippen LogP contribution < -0.4 is 10.6 Å². The number of likely N-dealkylation sites (N-methyl/N-ethyl adjacent to an activating group) is 1. The molecule has 2 rings (SSSR count). The van der Waals surface area contributed by atoms with Crippen molar-refractivity contribution in [2.75, 3.05) is 32.2 Å². The van der Waals surface area contributed by atoms with Gasteiger partial charge in [0.15, 0.2) is 0 Å². The Kier molecular flexibility index (Phi) is 4.74. The molecule has 0 fully saturated rings. The highest BCUT2D eigenvalue weighted by molar-refractivity contribution is 9.10. The Morgan fingerprint density at radius 3 is 2.89 bits per heavy atom. The van der Waals surface area contributed by atoms with E-state index in [-0.39, 0.29) is 6.04 Å². The van der Waals surface area contributed by atoms with Crippen LogP contribution in [0.5, 0.6) is 0 Å². The molecule has 1 aromatic heterocycles. The van der Waals surface area contributed by atoms with Gasteiger partial charge in [-0.25, -0.2) is 4.98 Å². The molecule has 4 nitrogen and oxygen atoms in total. The van der Waals surface area contributed by atoms with Crippen LogP contribution in [-0.2, 0) is 4.74 Å². The number of methoxy groups -OCH3 is 1. The summed E-state index contributed by atoms with van der Waals surface area (Å²) < 4.78 is 6.14. The van der Waals surface area contributed by atoms with Crippen LogP contribution in [0.4, 0.5) is 5.82 Å². The summed E-state index contributed by atoms with van der Waals surface area (Å²) in [6.45, 7) is 1.24. The van der Waals surface area contributed by atoms with Crippen molar-refractivity contribution >= 4 is 32.5 Å². The Morgan fingerprint density at radius 1 is 1.37 bits per heavy atom. The van der Waals surface area contributed by atoms with E-state index >= 15 is 0 Å². The maximum atomic E-state index is 5.99. The third-order valence-electron chi connectivity index (χ3n) is 2.98. The normalized spacial score (nSPS) is 12.6. The number of benzene rings is 1. The van der Waals surface area contributed by atoms with E-state index in [2.05, 4.69) is 31.9 Å². The Morgan fingerprint density at radius 2 is 2.16 bits per heavy atom. The average Bonchev–Trinajstić information content (AvgIpc) is 2.38. The van der Waals surface area contributed by atoms with Gasteiger partial charge in [0.25, 0.3) is 0 Å². The summed E-state index contributed by atoms with van der Waals surface area (Å²) >= 11 is 3.56. The molecule has 0 aliphatic rings. The lowest BCUT2D eigenvalue weighted by Gasteiger charge is -2.23. The summed E-state index contributed by atoms with van der Waals surface area (Å²) in [4.78, 5) is 6.54. The van der Waals surface area contributed by atoms with E-state index in [1.54, 1.807) is 7.11 Å². The molecular weight excluding hydrogens is 306 g/mol. The first-order chi connectivity index (χ1) is 9.13. The topological polar surface area (TPSA) is 51.4 Å². The third kappa shape index (κ3) is 3.23. The van der Waals surface area contributed by atoms with Crippen LogP contribution in [0.1, 0.15) is 0 Å². The summed E-state index contributed by atoms with van der Waals surface area (Å²) in [6.07, 6.45) is 1.82. The molecule has 1 aromatic carbocycles. The zero-order valence-corrected chi connectivity index (χ0v) is 12.7. The second-order valence-electron chi connectivity index (χ2n) is 4.57. The van der Waals surface area contributed by atoms with E-state index in [1.165, 1.54) is 0 Å². The first-order valence-electron chi connectivity index (χ1n) is 6.12. The van der Waals surface area contributed by atoms with Gasteiger partial charge in [0.2, 0.25) is 0 Å². The number of pyridine rings is 1. The van der Waals surface area contributed by atoms with Gasteiger partial charge < -0.3 is 15.4 Å². The van der Waals surface area contributed by atoms with Gasteiger partial charge in [-0.2, -0.15) is 0 Å². The quantitative estimate of drug-likeness (QED) is 0.918. The second kappa shape index (κ2) is 6.32. The fraction of sp³-hybridized carbons (Fsp3) is 0.357. The van der Waals surface area contributed by atoms with Crippen LogP contribution >= 0.6 is 15.9 Å². The Labute approximate surface area is 121 Å². The molecule has 0 radical (unpaired) electrons. The number of nitrogens with two attached hydrogens (primary N) is 1. The second-order valence-corrected chi connectivity index (χ2v) is 5.42. The molecule has 1 unspecified atom stereocenters. The molecule has 0 bridgehead atoms. The van der Waals surface area contributed by atoms with E-state index in [4.69, 9.17) is 10.5 Å². The van der Waals surface area contributed by atoms with Gasteiger partial charge >= 0.3 is 0 Å². The molecule has 19 heavy (non-hydrogen) atoms. The number of hydrogen-bond donors (Lipinski definition) is 1. The summed E-state index contributed by atoms with van der Waals surface area (Å²) in [5.74, 6) is 0.936. The summed E-state index contributed by atoms with van der Waals surface area (Å²) in [6, 6.07) is 8.09. The maximum absolute atomic E-state index is 5.99. The van der Waals surface area contributed by atoms with Gasteiger partial charge in [-0.15, -0.1) is 0 Å². The predicted molar refractivity (Wildman–Crippen MR) is 82.6 cm³/mol. The number of rotatable bonds is 5. The predicted octanol–water partition coefficient (Wildman–Crippen LogP) is 2.41. The van der Waals surface area contributed by atoms with Crippen molar-refractivity contribution < 1.29 is 4.74 Å². The van der Waals surface area contributed by atoms with Gasteiger partial charge in [0, 0.05) is 48.2 Å². The minimum atomic E-state index is -0.0285. The Balaban J connectivity index is 2.32. The van der Waals surface area contributed by atoms with E-state index in [0.29, 0.717) is 13.2 Å². The monoisotopic (exact) mass is 323 g/mol. The highest BCUT2D eigenvalue weighted by Crippen LogP contribution is 2.29. The largest absolute Gasteiger partial charge is 0.383 e. The van der Waals surface area contributed by atoms with Crippen LogP contribution in [0, 0.1) is 0 Å². The third-order valence-corrected chi connectivity index (χ3v) is 3.67. The van der Waals surface area contributed by atoms with Crippen LogP contribution in [0.3, 0.4) is 0 Å². The average molecular weight is 324 g/mol. The number of fused-ring (bicyclic) bond motifs is 1. The number of hydrogen-bond acceptors (Lipinski definition) is 4. The summed E-state index contributed by atoms with van der Waals surface area (Å²) in [7, 11) is 3.66. The van der Waals surface area contributed by atoms with E-state index in [9.17, 15) is 0 Å². The molecule has 0 amide bonds. The molecule has 0 aliphatic carbocycles. The SMILES string of the molecule is COCC(N)CN(C)c1nccc2c(Br)cccc12. The lowest BCUT2D eigenvalue weighted by atomic mass is 10.1. The number of aromatic nitrogens is 1. The zero-order chi connectivity index (χ0) is 13.8.